The summed E-state index contributed by atoms with van der Waals surface area (Å²) in [4.78, 5) is 6.62. The molecular formula is C12H22N4O. The lowest BCUT2D eigenvalue weighted by Crippen LogP contribution is -2.25. The minimum Gasteiger partial charge on any atom is -0.338 e. The average Bonchev–Trinajstić information content (AvgIpc) is 2.66. The van der Waals surface area contributed by atoms with Gasteiger partial charge in [-0.05, 0) is 24.4 Å². The summed E-state index contributed by atoms with van der Waals surface area (Å²) in [7, 11) is 0. The van der Waals surface area contributed by atoms with E-state index in [1.54, 1.807) is 0 Å². The van der Waals surface area contributed by atoms with Crippen molar-refractivity contribution in [3.63, 3.8) is 0 Å². The topological polar surface area (TPSA) is 68.2 Å². The van der Waals surface area contributed by atoms with Gasteiger partial charge < -0.3 is 15.2 Å². The highest BCUT2D eigenvalue weighted by Gasteiger charge is 2.18. The Bertz CT molecular complexity index is 331. The van der Waals surface area contributed by atoms with Gasteiger partial charge in [0.2, 0.25) is 5.89 Å². The molecule has 2 heterocycles. The molecule has 0 amide bonds. The van der Waals surface area contributed by atoms with Crippen molar-refractivity contribution < 1.29 is 4.52 Å². The van der Waals surface area contributed by atoms with Crippen LogP contribution >= 0.6 is 0 Å². The number of nitrogens with zero attached hydrogens (tertiary/aromatic N) is 3. The maximum atomic E-state index is 5.96. The van der Waals surface area contributed by atoms with Gasteiger partial charge in [0, 0.05) is 13.1 Å². The van der Waals surface area contributed by atoms with Crippen molar-refractivity contribution in [3.05, 3.63) is 5.89 Å². The van der Waals surface area contributed by atoms with Crippen LogP contribution < -0.4 is 10.6 Å². The van der Waals surface area contributed by atoms with Gasteiger partial charge in [0.25, 0.3) is 5.95 Å². The predicted octanol–water partition coefficient (Wildman–Crippen LogP) is 2.25. The van der Waals surface area contributed by atoms with E-state index < -0.39 is 0 Å². The summed E-state index contributed by atoms with van der Waals surface area (Å²) < 4.78 is 5.25. The van der Waals surface area contributed by atoms with Crippen molar-refractivity contribution in [3.8, 4) is 0 Å². The van der Waals surface area contributed by atoms with Gasteiger partial charge in [-0.25, -0.2) is 0 Å². The van der Waals surface area contributed by atoms with Gasteiger partial charge in [-0.1, -0.05) is 26.2 Å². The lowest BCUT2D eigenvalue weighted by Gasteiger charge is -2.16. The second kappa shape index (κ2) is 6.00. The van der Waals surface area contributed by atoms with Crippen LogP contribution in [0.3, 0.4) is 0 Å². The molecule has 1 atom stereocenters. The molecule has 17 heavy (non-hydrogen) atoms. The molecule has 1 saturated heterocycles. The van der Waals surface area contributed by atoms with E-state index in [4.69, 9.17) is 10.3 Å². The Labute approximate surface area is 102 Å². The Balaban J connectivity index is 2.01. The van der Waals surface area contributed by atoms with E-state index in [2.05, 4.69) is 22.0 Å². The summed E-state index contributed by atoms with van der Waals surface area (Å²) in [5.41, 5.74) is 5.96. The molecule has 1 aromatic heterocycles. The van der Waals surface area contributed by atoms with Crippen molar-refractivity contribution in [2.75, 3.05) is 18.0 Å². The van der Waals surface area contributed by atoms with Crippen molar-refractivity contribution in [1.82, 2.24) is 10.1 Å². The van der Waals surface area contributed by atoms with Gasteiger partial charge in [0.1, 0.15) is 0 Å². The highest BCUT2D eigenvalue weighted by Crippen LogP contribution is 2.19. The smallest absolute Gasteiger partial charge is 0.266 e. The number of hydrogen-bond acceptors (Lipinski definition) is 5. The first kappa shape index (κ1) is 12.4. The van der Waals surface area contributed by atoms with E-state index >= 15 is 0 Å². The van der Waals surface area contributed by atoms with E-state index in [0.717, 1.165) is 25.9 Å². The third kappa shape index (κ3) is 3.19. The molecule has 5 nitrogen and oxygen atoms in total. The summed E-state index contributed by atoms with van der Waals surface area (Å²) in [6.07, 6.45) is 6.95. The van der Waals surface area contributed by atoms with Crippen LogP contribution in [0.1, 0.15) is 57.4 Å². The third-order valence-electron chi connectivity index (χ3n) is 3.24. The van der Waals surface area contributed by atoms with Crippen LogP contribution in [0.2, 0.25) is 0 Å². The summed E-state index contributed by atoms with van der Waals surface area (Å²) in [6, 6.07) is -0.117. The fraction of sp³-hybridized carbons (Fsp3) is 0.833. The Morgan fingerprint density at radius 3 is 2.65 bits per heavy atom. The van der Waals surface area contributed by atoms with Crippen molar-refractivity contribution in [2.24, 2.45) is 5.73 Å². The highest BCUT2D eigenvalue weighted by atomic mass is 16.5. The van der Waals surface area contributed by atoms with Crippen LogP contribution in [0.25, 0.3) is 0 Å². The van der Waals surface area contributed by atoms with Crippen LogP contribution in [0.5, 0.6) is 0 Å². The molecule has 0 aliphatic carbocycles. The Hall–Kier alpha value is -1.10. The zero-order valence-electron chi connectivity index (χ0n) is 10.6. The van der Waals surface area contributed by atoms with Gasteiger partial charge in [0.15, 0.2) is 0 Å². The summed E-state index contributed by atoms with van der Waals surface area (Å²) in [5.74, 6) is 1.29. The maximum Gasteiger partial charge on any atom is 0.266 e. The molecule has 0 bridgehead atoms. The fourth-order valence-corrected chi connectivity index (χ4v) is 2.21. The van der Waals surface area contributed by atoms with Gasteiger partial charge in [-0.3, -0.25) is 0 Å². The number of hydrogen-bond donors (Lipinski definition) is 1. The number of nitrogens with two attached hydrogens (primary N) is 1. The van der Waals surface area contributed by atoms with Gasteiger partial charge in [0.05, 0.1) is 6.04 Å². The molecule has 0 spiro atoms. The van der Waals surface area contributed by atoms with Crippen LogP contribution in [-0.2, 0) is 0 Å². The molecule has 1 aliphatic heterocycles. The van der Waals surface area contributed by atoms with E-state index in [1.165, 1.54) is 25.7 Å². The predicted molar refractivity (Wildman–Crippen MR) is 66.8 cm³/mol. The van der Waals surface area contributed by atoms with Gasteiger partial charge in [-0.15, -0.1) is 0 Å². The molecule has 96 valence electrons. The SMILES string of the molecule is CCCC(N)c1nc(N2CCCCCC2)no1. The van der Waals surface area contributed by atoms with E-state index in [0.29, 0.717) is 11.8 Å². The second-order valence-electron chi connectivity index (χ2n) is 4.73. The molecule has 0 aromatic carbocycles. The van der Waals surface area contributed by atoms with Crippen LogP contribution in [0.15, 0.2) is 4.52 Å². The number of aromatic nitrogens is 2. The van der Waals surface area contributed by atoms with Crippen molar-refractivity contribution in [2.45, 2.75) is 51.5 Å². The van der Waals surface area contributed by atoms with E-state index in [1.807, 2.05) is 0 Å². The second-order valence-corrected chi connectivity index (χ2v) is 4.73. The minimum atomic E-state index is -0.117. The highest BCUT2D eigenvalue weighted by molar-refractivity contribution is 5.27. The maximum absolute atomic E-state index is 5.96. The van der Waals surface area contributed by atoms with Gasteiger partial charge >= 0.3 is 0 Å². The Morgan fingerprint density at radius 1 is 1.29 bits per heavy atom. The molecule has 2 rings (SSSR count). The standard InChI is InChI=1S/C12H22N4O/c1-2-7-10(13)11-14-12(15-17-11)16-8-5-3-4-6-9-16/h10H,2-9,13H2,1H3. The van der Waals surface area contributed by atoms with Crippen LogP contribution in [0, 0.1) is 0 Å². The zero-order valence-corrected chi connectivity index (χ0v) is 10.6. The minimum absolute atomic E-state index is 0.117. The molecule has 0 radical (unpaired) electrons. The monoisotopic (exact) mass is 238 g/mol. The first-order chi connectivity index (χ1) is 8.31. The summed E-state index contributed by atoms with van der Waals surface area (Å²) in [5, 5.41) is 4.04. The average molecular weight is 238 g/mol. The molecule has 5 heteroatoms. The fourth-order valence-electron chi connectivity index (χ4n) is 2.21. The van der Waals surface area contributed by atoms with Crippen molar-refractivity contribution >= 4 is 5.95 Å². The van der Waals surface area contributed by atoms with Crippen LogP contribution in [0.4, 0.5) is 5.95 Å². The lowest BCUT2D eigenvalue weighted by molar-refractivity contribution is 0.347. The largest absolute Gasteiger partial charge is 0.338 e. The van der Waals surface area contributed by atoms with E-state index in [-0.39, 0.29) is 6.04 Å². The Morgan fingerprint density at radius 2 is 2.00 bits per heavy atom. The first-order valence-electron chi connectivity index (χ1n) is 6.65. The molecule has 1 aliphatic rings. The molecule has 1 unspecified atom stereocenters. The van der Waals surface area contributed by atoms with Crippen LogP contribution in [-0.4, -0.2) is 23.2 Å². The van der Waals surface area contributed by atoms with Crippen molar-refractivity contribution in [1.29, 1.82) is 0 Å². The summed E-state index contributed by atoms with van der Waals surface area (Å²) >= 11 is 0. The van der Waals surface area contributed by atoms with Gasteiger partial charge in [-0.2, -0.15) is 4.98 Å². The molecule has 1 fully saturated rings. The first-order valence-corrected chi connectivity index (χ1v) is 6.65. The molecule has 0 saturated carbocycles. The summed E-state index contributed by atoms with van der Waals surface area (Å²) in [6.45, 7) is 4.16. The molecule has 2 N–H and O–H groups in total. The Kier molecular flexibility index (Phi) is 4.36. The molecular weight excluding hydrogens is 216 g/mol. The normalized spacial score (nSPS) is 19.1. The lowest BCUT2D eigenvalue weighted by atomic mass is 10.2. The number of rotatable bonds is 4. The number of anilines is 1. The molecule has 1 aromatic rings. The van der Waals surface area contributed by atoms with E-state index in [9.17, 15) is 0 Å². The quantitative estimate of drug-likeness (QED) is 0.871. The zero-order chi connectivity index (χ0) is 12.1. The third-order valence-corrected chi connectivity index (χ3v) is 3.24.